The van der Waals surface area contributed by atoms with Crippen molar-refractivity contribution >= 4 is 24.8 Å². The fourth-order valence-corrected chi connectivity index (χ4v) is 3.53. The SMILES string of the molecule is Nc1ncnc2c1ncn2[C@@H]1O[C@@H]2COP(=O)(O)O[C@@H]1[C@@H]2O. The largest absolute Gasteiger partial charge is 0.472 e. The topological polar surface area (TPSA) is 155 Å². The van der Waals surface area contributed by atoms with Crippen molar-refractivity contribution in [1.29, 1.82) is 0 Å². The van der Waals surface area contributed by atoms with E-state index in [0.29, 0.717) is 11.2 Å². The predicted molar refractivity (Wildman–Crippen MR) is 70.3 cm³/mol. The van der Waals surface area contributed by atoms with Crippen LogP contribution in [0.1, 0.15) is 6.23 Å². The van der Waals surface area contributed by atoms with E-state index in [0.717, 1.165) is 0 Å². The number of nitrogens with two attached hydrogens (primary N) is 1. The van der Waals surface area contributed by atoms with Crippen molar-refractivity contribution in [2.75, 3.05) is 12.3 Å². The van der Waals surface area contributed by atoms with E-state index < -0.39 is 32.4 Å². The molecule has 0 amide bonds. The van der Waals surface area contributed by atoms with E-state index in [1.807, 2.05) is 0 Å². The molecule has 2 fully saturated rings. The Morgan fingerprint density at radius 1 is 1.41 bits per heavy atom. The molecule has 0 saturated carbocycles. The Kier molecular flexibility index (Phi) is 2.98. The average molecular weight is 329 g/mol. The zero-order valence-electron chi connectivity index (χ0n) is 11.0. The van der Waals surface area contributed by atoms with Gasteiger partial charge in [0.25, 0.3) is 0 Å². The summed E-state index contributed by atoms with van der Waals surface area (Å²) in [5.41, 5.74) is 6.45. The first-order chi connectivity index (χ1) is 10.5. The minimum absolute atomic E-state index is 0.194. The van der Waals surface area contributed by atoms with Gasteiger partial charge in [-0.25, -0.2) is 19.5 Å². The Hall–Kier alpha value is -1.62. The fraction of sp³-hybridized carbons (Fsp3) is 0.500. The van der Waals surface area contributed by atoms with Gasteiger partial charge in [-0.1, -0.05) is 0 Å². The monoisotopic (exact) mass is 329 g/mol. The Balaban J connectivity index is 1.79. The molecule has 22 heavy (non-hydrogen) atoms. The summed E-state index contributed by atoms with van der Waals surface area (Å²) in [6.45, 7) is -0.258. The van der Waals surface area contributed by atoms with Crippen LogP contribution in [0.15, 0.2) is 12.7 Å². The first kappa shape index (κ1) is 14.0. The van der Waals surface area contributed by atoms with E-state index in [1.54, 1.807) is 0 Å². The van der Waals surface area contributed by atoms with Crippen molar-refractivity contribution in [2.24, 2.45) is 0 Å². The van der Waals surface area contributed by atoms with Gasteiger partial charge in [-0.15, -0.1) is 0 Å². The highest BCUT2D eigenvalue weighted by Crippen LogP contribution is 2.52. The van der Waals surface area contributed by atoms with Crippen LogP contribution in [0, 0.1) is 0 Å². The second kappa shape index (κ2) is 4.69. The maximum absolute atomic E-state index is 11.7. The Bertz CT molecular complexity index is 782. The second-order valence-electron chi connectivity index (χ2n) is 4.97. The molecular weight excluding hydrogens is 317 g/mol. The summed E-state index contributed by atoms with van der Waals surface area (Å²) in [7, 11) is -4.25. The third-order valence-corrected chi connectivity index (χ3v) is 4.62. The van der Waals surface area contributed by atoms with E-state index in [1.165, 1.54) is 17.2 Å². The Morgan fingerprint density at radius 3 is 3.05 bits per heavy atom. The molecule has 5 atom stereocenters. The van der Waals surface area contributed by atoms with Crippen molar-refractivity contribution in [1.82, 2.24) is 19.5 Å². The van der Waals surface area contributed by atoms with Crippen LogP contribution < -0.4 is 5.73 Å². The number of phosphoric acid groups is 1. The average Bonchev–Trinajstić information content (AvgIpc) is 2.97. The smallest absolute Gasteiger partial charge is 0.387 e. The van der Waals surface area contributed by atoms with Crippen LogP contribution in [0.25, 0.3) is 11.2 Å². The van der Waals surface area contributed by atoms with Crippen LogP contribution in [0.3, 0.4) is 0 Å². The molecule has 2 aromatic heterocycles. The molecule has 2 aromatic rings. The number of hydrogen-bond acceptors (Lipinski definition) is 9. The van der Waals surface area contributed by atoms with Gasteiger partial charge in [0.15, 0.2) is 17.7 Å². The molecule has 1 unspecified atom stereocenters. The zero-order valence-corrected chi connectivity index (χ0v) is 11.9. The minimum Gasteiger partial charge on any atom is -0.387 e. The molecule has 2 aliphatic rings. The number of phosphoric ester groups is 1. The first-order valence-electron chi connectivity index (χ1n) is 6.38. The molecule has 12 heteroatoms. The van der Waals surface area contributed by atoms with Gasteiger partial charge >= 0.3 is 7.82 Å². The summed E-state index contributed by atoms with van der Waals surface area (Å²) in [4.78, 5) is 21.5. The maximum Gasteiger partial charge on any atom is 0.472 e. The Labute approximate surface area is 123 Å². The lowest BCUT2D eigenvalue weighted by Crippen LogP contribution is -2.32. The summed E-state index contributed by atoms with van der Waals surface area (Å²) in [6, 6.07) is 0. The lowest BCUT2D eigenvalue weighted by molar-refractivity contribution is -0.0676. The number of nitrogens with zero attached hydrogens (tertiary/aromatic N) is 4. The van der Waals surface area contributed by atoms with Gasteiger partial charge in [0.05, 0.1) is 12.9 Å². The molecule has 0 radical (unpaired) electrons. The number of aliphatic hydroxyl groups excluding tert-OH is 1. The highest BCUT2D eigenvalue weighted by molar-refractivity contribution is 7.47. The third-order valence-electron chi connectivity index (χ3n) is 3.63. The molecule has 4 heterocycles. The second-order valence-corrected chi connectivity index (χ2v) is 6.38. The molecule has 0 spiro atoms. The molecule has 2 saturated heterocycles. The van der Waals surface area contributed by atoms with E-state index in [9.17, 15) is 14.6 Å². The minimum atomic E-state index is -4.25. The van der Waals surface area contributed by atoms with Crippen LogP contribution in [-0.2, 0) is 18.3 Å². The Morgan fingerprint density at radius 2 is 2.23 bits per heavy atom. The van der Waals surface area contributed by atoms with Gasteiger partial charge in [-0.3, -0.25) is 13.6 Å². The molecule has 2 aliphatic heterocycles. The lowest BCUT2D eigenvalue weighted by atomic mass is 10.1. The molecule has 4 rings (SSSR count). The number of rotatable bonds is 1. The fourth-order valence-electron chi connectivity index (χ4n) is 2.60. The number of imidazole rings is 1. The van der Waals surface area contributed by atoms with Gasteiger partial charge in [0.1, 0.15) is 30.2 Å². The summed E-state index contributed by atoms with van der Waals surface area (Å²) in [5, 5.41) is 10.2. The normalized spacial score (nSPS) is 38.3. The summed E-state index contributed by atoms with van der Waals surface area (Å²) in [5.74, 6) is 0.194. The molecule has 4 N–H and O–H groups in total. The number of ether oxygens (including phenoxy) is 1. The van der Waals surface area contributed by atoms with Gasteiger partial charge in [0.2, 0.25) is 0 Å². The standard InChI is InChI=1S/C10H12N5O6P/c11-8-5-9(13-2-12-8)15(3-14-5)10-7-6(16)4(20-10)1-19-22(17,18)21-7/h2-4,6-7,10,16H,1H2,(H,17,18)(H2,11,12,13)/t4-,6-,7-,10-/m1/s1. The number of anilines is 1. The number of nitrogen functional groups attached to an aromatic ring is 1. The molecule has 118 valence electrons. The van der Waals surface area contributed by atoms with Crippen LogP contribution >= 0.6 is 7.82 Å². The van der Waals surface area contributed by atoms with E-state index >= 15 is 0 Å². The number of aliphatic hydroxyl groups is 1. The summed E-state index contributed by atoms with van der Waals surface area (Å²) >= 11 is 0. The predicted octanol–water partition coefficient (Wildman–Crippen LogP) is -0.817. The van der Waals surface area contributed by atoms with Crippen molar-refractivity contribution < 1.29 is 28.3 Å². The number of aromatic nitrogens is 4. The summed E-state index contributed by atoms with van der Waals surface area (Å²) in [6.07, 6.45) is -1.24. The van der Waals surface area contributed by atoms with Crippen LogP contribution in [-0.4, -0.2) is 54.4 Å². The molecule has 2 bridgehead atoms. The zero-order chi connectivity index (χ0) is 15.5. The van der Waals surface area contributed by atoms with Crippen LogP contribution in [0.4, 0.5) is 5.82 Å². The lowest BCUT2D eigenvalue weighted by Gasteiger charge is -2.23. The van der Waals surface area contributed by atoms with Crippen molar-refractivity contribution in [3.05, 3.63) is 12.7 Å². The van der Waals surface area contributed by atoms with Gasteiger partial charge in [0, 0.05) is 0 Å². The van der Waals surface area contributed by atoms with Crippen LogP contribution in [0.5, 0.6) is 0 Å². The number of fused-ring (bicyclic) bond motifs is 3. The van der Waals surface area contributed by atoms with E-state index in [4.69, 9.17) is 19.5 Å². The van der Waals surface area contributed by atoms with Crippen molar-refractivity contribution in [2.45, 2.75) is 24.5 Å². The maximum atomic E-state index is 11.7. The van der Waals surface area contributed by atoms with Crippen molar-refractivity contribution in [3.8, 4) is 0 Å². The number of hydrogen-bond donors (Lipinski definition) is 3. The highest BCUT2D eigenvalue weighted by atomic mass is 31.2. The van der Waals surface area contributed by atoms with E-state index in [-0.39, 0.29) is 12.4 Å². The first-order valence-corrected chi connectivity index (χ1v) is 7.88. The third kappa shape index (κ3) is 2.02. The van der Waals surface area contributed by atoms with Gasteiger partial charge in [-0.2, -0.15) is 0 Å². The van der Waals surface area contributed by atoms with Crippen LogP contribution in [0.2, 0.25) is 0 Å². The quantitative estimate of drug-likeness (QED) is 0.565. The molecule has 0 aromatic carbocycles. The highest BCUT2D eigenvalue weighted by Gasteiger charge is 2.52. The molecule has 0 aliphatic carbocycles. The molecular formula is C10H12N5O6P. The van der Waals surface area contributed by atoms with Crippen molar-refractivity contribution in [3.63, 3.8) is 0 Å². The van der Waals surface area contributed by atoms with E-state index in [2.05, 4.69) is 15.0 Å². The van der Waals surface area contributed by atoms with Gasteiger partial charge in [-0.05, 0) is 0 Å². The van der Waals surface area contributed by atoms with Gasteiger partial charge < -0.3 is 20.5 Å². The summed E-state index contributed by atoms with van der Waals surface area (Å²) < 4.78 is 28.5. The molecule has 11 nitrogen and oxygen atoms in total.